The Balaban J connectivity index is 3.91. The Morgan fingerprint density at radius 3 is 2.25 bits per heavy atom. The van der Waals surface area contributed by atoms with Crippen LogP contribution >= 0.6 is 11.6 Å². The lowest BCUT2D eigenvalue weighted by Gasteiger charge is -2.13. The van der Waals surface area contributed by atoms with Crippen molar-refractivity contribution in [3.63, 3.8) is 0 Å². The fourth-order valence-electron chi connectivity index (χ4n) is 0.139. The molecule has 0 amide bonds. The molecule has 0 fully saturated rings. The fourth-order valence-corrected chi connectivity index (χ4v) is 0.273. The SMILES string of the molecule is CC[C@@](C)(O)C(=O)Cl. The predicted molar refractivity (Wildman–Crippen MR) is 31.8 cm³/mol. The van der Waals surface area contributed by atoms with Gasteiger partial charge in [0.1, 0.15) is 5.60 Å². The number of halogens is 1. The molecule has 0 bridgehead atoms. The van der Waals surface area contributed by atoms with Gasteiger partial charge in [-0.25, -0.2) is 0 Å². The van der Waals surface area contributed by atoms with E-state index in [9.17, 15) is 4.79 Å². The zero-order valence-corrected chi connectivity index (χ0v) is 5.70. The molecule has 3 heteroatoms. The van der Waals surface area contributed by atoms with Crippen molar-refractivity contribution in [2.24, 2.45) is 0 Å². The summed E-state index contributed by atoms with van der Waals surface area (Å²) in [7, 11) is 0. The van der Waals surface area contributed by atoms with Crippen LogP contribution < -0.4 is 0 Å². The third-order valence-electron chi connectivity index (χ3n) is 1.11. The monoisotopic (exact) mass is 136 g/mol. The molecular formula is C5H9ClO2. The van der Waals surface area contributed by atoms with Gasteiger partial charge in [0, 0.05) is 0 Å². The molecule has 2 nitrogen and oxygen atoms in total. The topological polar surface area (TPSA) is 37.3 Å². The molecule has 0 saturated heterocycles. The molecule has 0 aromatic heterocycles. The molecule has 0 aliphatic heterocycles. The summed E-state index contributed by atoms with van der Waals surface area (Å²) in [4.78, 5) is 10.2. The molecule has 0 saturated carbocycles. The molecule has 1 atom stereocenters. The van der Waals surface area contributed by atoms with Crippen molar-refractivity contribution in [2.75, 3.05) is 0 Å². The molecule has 0 aliphatic carbocycles. The summed E-state index contributed by atoms with van der Waals surface area (Å²) in [5.41, 5.74) is -1.33. The minimum atomic E-state index is -1.33. The molecule has 48 valence electrons. The molecular weight excluding hydrogens is 128 g/mol. The van der Waals surface area contributed by atoms with E-state index < -0.39 is 10.8 Å². The molecule has 0 aromatic carbocycles. The normalized spacial score (nSPS) is 17.5. The van der Waals surface area contributed by atoms with Crippen LogP contribution in [0.25, 0.3) is 0 Å². The maximum atomic E-state index is 10.2. The summed E-state index contributed by atoms with van der Waals surface area (Å²) in [6, 6.07) is 0. The maximum absolute atomic E-state index is 10.2. The Labute approximate surface area is 53.5 Å². The highest BCUT2D eigenvalue weighted by Gasteiger charge is 2.25. The van der Waals surface area contributed by atoms with Crippen molar-refractivity contribution in [3.05, 3.63) is 0 Å². The molecule has 8 heavy (non-hydrogen) atoms. The van der Waals surface area contributed by atoms with Crippen LogP contribution in [0.15, 0.2) is 0 Å². The minimum Gasteiger partial charge on any atom is -0.381 e. The second-order valence-corrected chi connectivity index (χ2v) is 2.24. The first kappa shape index (κ1) is 7.92. The summed E-state index contributed by atoms with van der Waals surface area (Å²) in [6.07, 6.45) is 0.356. The van der Waals surface area contributed by atoms with Crippen molar-refractivity contribution >= 4 is 16.8 Å². The van der Waals surface area contributed by atoms with Crippen molar-refractivity contribution in [2.45, 2.75) is 25.9 Å². The minimum absolute atomic E-state index is 0.356. The van der Waals surface area contributed by atoms with Crippen LogP contribution in [-0.2, 0) is 4.79 Å². The van der Waals surface area contributed by atoms with Gasteiger partial charge in [-0.3, -0.25) is 4.79 Å². The van der Waals surface area contributed by atoms with E-state index >= 15 is 0 Å². The average molecular weight is 137 g/mol. The van der Waals surface area contributed by atoms with E-state index in [1.807, 2.05) is 0 Å². The lowest BCUT2D eigenvalue weighted by Crippen LogP contribution is -2.29. The van der Waals surface area contributed by atoms with Crippen LogP contribution in [0, 0.1) is 0 Å². The van der Waals surface area contributed by atoms with Crippen molar-refractivity contribution in [3.8, 4) is 0 Å². The van der Waals surface area contributed by atoms with Gasteiger partial charge in [-0.15, -0.1) is 0 Å². The van der Waals surface area contributed by atoms with E-state index in [1.165, 1.54) is 6.92 Å². The Morgan fingerprint density at radius 2 is 2.25 bits per heavy atom. The molecule has 0 aromatic rings. The summed E-state index contributed by atoms with van der Waals surface area (Å²) in [5, 5.41) is 8.22. The first-order valence-electron chi connectivity index (χ1n) is 2.43. The van der Waals surface area contributed by atoms with Gasteiger partial charge < -0.3 is 5.11 Å². The van der Waals surface area contributed by atoms with Gasteiger partial charge in [0.15, 0.2) is 0 Å². The number of carbonyl (C=O) groups is 1. The Hall–Kier alpha value is -0.0800. The molecule has 0 unspecified atom stereocenters. The zero-order chi connectivity index (χ0) is 6.78. The van der Waals surface area contributed by atoms with Gasteiger partial charge in [0.2, 0.25) is 0 Å². The predicted octanol–water partition coefficient (Wildman–Crippen LogP) is 0.913. The standard InChI is InChI=1S/C5H9ClO2/c1-3-5(2,8)4(6)7/h8H,3H2,1-2H3/t5-/m1/s1. The highest BCUT2D eigenvalue weighted by Crippen LogP contribution is 2.11. The number of rotatable bonds is 2. The summed E-state index contributed by atoms with van der Waals surface area (Å²) in [5.74, 6) is 0. The molecule has 0 heterocycles. The van der Waals surface area contributed by atoms with Gasteiger partial charge in [-0.05, 0) is 24.9 Å². The van der Waals surface area contributed by atoms with Crippen molar-refractivity contribution in [1.29, 1.82) is 0 Å². The largest absolute Gasteiger partial charge is 0.381 e. The van der Waals surface area contributed by atoms with Crippen LogP contribution in [-0.4, -0.2) is 16.0 Å². The maximum Gasteiger partial charge on any atom is 0.252 e. The van der Waals surface area contributed by atoms with Crippen molar-refractivity contribution < 1.29 is 9.90 Å². The average Bonchev–Trinajstić information content (AvgIpc) is 1.67. The number of carbonyl (C=O) groups excluding carboxylic acids is 1. The number of hydrogen-bond donors (Lipinski definition) is 1. The third-order valence-corrected chi connectivity index (χ3v) is 1.52. The van der Waals surface area contributed by atoms with Gasteiger partial charge in [-0.1, -0.05) is 6.92 Å². The van der Waals surface area contributed by atoms with Crippen LogP contribution in [0.4, 0.5) is 0 Å². The summed E-state index contributed by atoms with van der Waals surface area (Å²) < 4.78 is 0. The van der Waals surface area contributed by atoms with Crippen LogP contribution in [0.3, 0.4) is 0 Å². The Morgan fingerprint density at radius 1 is 1.88 bits per heavy atom. The van der Waals surface area contributed by atoms with E-state index in [0.717, 1.165) is 0 Å². The first-order valence-corrected chi connectivity index (χ1v) is 2.81. The highest BCUT2D eigenvalue weighted by molar-refractivity contribution is 6.65. The molecule has 1 N–H and O–H groups in total. The van der Waals surface area contributed by atoms with Gasteiger partial charge in [0.05, 0.1) is 0 Å². The van der Waals surface area contributed by atoms with Crippen LogP contribution in [0.1, 0.15) is 20.3 Å². The summed E-state index contributed by atoms with van der Waals surface area (Å²) in [6.45, 7) is 3.09. The first-order chi connectivity index (χ1) is 3.50. The zero-order valence-electron chi connectivity index (χ0n) is 4.94. The fraction of sp³-hybridized carbons (Fsp3) is 0.800. The van der Waals surface area contributed by atoms with Gasteiger partial charge in [0.25, 0.3) is 5.24 Å². The molecule has 0 aliphatic rings. The van der Waals surface area contributed by atoms with E-state index in [4.69, 9.17) is 16.7 Å². The number of hydrogen-bond acceptors (Lipinski definition) is 2. The third kappa shape index (κ3) is 1.80. The highest BCUT2D eigenvalue weighted by atomic mass is 35.5. The summed E-state index contributed by atoms with van der Waals surface area (Å²) >= 11 is 4.98. The quantitative estimate of drug-likeness (QED) is 0.573. The second kappa shape index (κ2) is 2.46. The van der Waals surface area contributed by atoms with E-state index in [0.29, 0.717) is 6.42 Å². The molecule has 0 spiro atoms. The Kier molecular flexibility index (Phi) is 2.44. The number of aliphatic hydroxyl groups is 1. The van der Waals surface area contributed by atoms with Gasteiger partial charge >= 0.3 is 0 Å². The van der Waals surface area contributed by atoms with E-state index in [-0.39, 0.29) is 0 Å². The van der Waals surface area contributed by atoms with Crippen LogP contribution in [0.2, 0.25) is 0 Å². The van der Waals surface area contributed by atoms with E-state index in [2.05, 4.69) is 0 Å². The Bertz CT molecular complexity index is 98.6. The van der Waals surface area contributed by atoms with E-state index in [1.54, 1.807) is 6.92 Å². The smallest absolute Gasteiger partial charge is 0.252 e. The second-order valence-electron chi connectivity index (χ2n) is 1.90. The lowest BCUT2D eigenvalue weighted by atomic mass is 10.1. The van der Waals surface area contributed by atoms with Crippen molar-refractivity contribution in [1.82, 2.24) is 0 Å². The van der Waals surface area contributed by atoms with Crippen LogP contribution in [0.5, 0.6) is 0 Å². The molecule has 0 rings (SSSR count). The lowest BCUT2D eigenvalue weighted by molar-refractivity contribution is -0.127. The van der Waals surface area contributed by atoms with Gasteiger partial charge in [-0.2, -0.15) is 0 Å². The molecule has 0 radical (unpaired) electrons.